The highest BCUT2D eigenvalue weighted by Gasteiger charge is 2.46. The van der Waals surface area contributed by atoms with E-state index in [-0.39, 0.29) is 16.8 Å². The zero-order valence-electron chi connectivity index (χ0n) is 17.0. The van der Waals surface area contributed by atoms with E-state index in [1.807, 2.05) is 19.2 Å². The number of nitrogens with zero attached hydrogens (tertiary/aromatic N) is 2. The zero-order chi connectivity index (χ0) is 19.5. The summed E-state index contributed by atoms with van der Waals surface area (Å²) in [5.74, 6) is 0.715. The lowest BCUT2D eigenvalue weighted by atomic mass is 9.88. The predicted octanol–water partition coefficient (Wildman–Crippen LogP) is 2.67. The smallest absolute Gasteiger partial charge is 0.191 e. The summed E-state index contributed by atoms with van der Waals surface area (Å²) in [6.45, 7) is 5.63. The van der Waals surface area contributed by atoms with Crippen molar-refractivity contribution >= 4 is 5.96 Å². The van der Waals surface area contributed by atoms with E-state index in [0.717, 1.165) is 57.0 Å². The van der Waals surface area contributed by atoms with Crippen LogP contribution in [0.3, 0.4) is 0 Å². The molecule has 0 atom stereocenters. The molecule has 6 heteroatoms. The normalized spacial score (nSPS) is 24.1. The van der Waals surface area contributed by atoms with E-state index in [1.54, 1.807) is 12.1 Å². The average Bonchev–Trinajstić information content (AvgIpc) is 3.30. The molecule has 3 fully saturated rings. The molecule has 1 aromatic rings. The first-order chi connectivity index (χ1) is 13.7. The topological polar surface area (TPSA) is 48.9 Å². The van der Waals surface area contributed by atoms with Crippen LogP contribution in [0.15, 0.2) is 29.3 Å². The van der Waals surface area contributed by atoms with Crippen LogP contribution in [0.2, 0.25) is 0 Å². The first-order valence-electron chi connectivity index (χ1n) is 10.7. The van der Waals surface area contributed by atoms with Gasteiger partial charge in [-0.2, -0.15) is 0 Å². The summed E-state index contributed by atoms with van der Waals surface area (Å²) >= 11 is 0. The third-order valence-corrected chi connectivity index (χ3v) is 6.90. The molecule has 1 aliphatic carbocycles. The Morgan fingerprint density at radius 2 is 1.75 bits per heavy atom. The number of hydrogen-bond donors (Lipinski definition) is 2. The van der Waals surface area contributed by atoms with Gasteiger partial charge < -0.3 is 15.4 Å². The fourth-order valence-electron chi connectivity index (χ4n) is 4.85. The molecule has 28 heavy (non-hydrogen) atoms. The van der Waals surface area contributed by atoms with E-state index >= 15 is 0 Å². The Morgan fingerprint density at radius 1 is 1.07 bits per heavy atom. The molecular formula is C22H33FN4O. The van der Waals surface area contributed by atoms with Gasteiger partial charge in [-0.1, -0.05) is 18.2 Å². The largest absolute Gasteiger partial charge is 0.381 e. The van der Waals surface area contributed by atoms with Gasteiger partial charge in [-0.25, -0.2) is 4.39 Å². The third-order valence-electron chi connectivity index (χ3n) is 6.90. The molecule has 0 spiro atoms. The Balaban J connectivity index is 1.36. The summed E-state index contributed by atoms with van der Waals surface area (Å²) in [5, 5.41) is 7.04. The number of benzene rings is 1. The summed E-state index contributed by atoms with van der Waals surface area (Å²) < 4.78 is 19.9. The first-order valence-corrected chi connectivity index (χ1v) is 10.7. The van der Waals surface area contributed by atoms with Gasteiger partial charge in [0.25, 0.3) is 0 Å². The number of likely N-dealkylation sites (tertiary alicyclic amines) is 1. The summed E-state index contributed by atoms with van der Waals surface area (Å²) in [4.78, 5) is 7.08. The van der Waals surface area contributed by atoms with Crippen molar-refractivity contribution in [2.24, 2.45) is 4.99 Å². The van der Waals surface area contributed by atoms with Gasteiger partial charge in [-0.3, -0.25) is 9.89 Å². The minimum atomic E-state index is -0.0973. The van der Waals surface area contributed by atoms with Crippen LogP contribution in [-0.4, -0.2) is 62.8 Å². The van der Waals surface area contributed by atoms with Gasteiger partial charge in [0.05, 0.1) is 0 Å². The monoisotopic (exact) mass is 388 g/mol. The maximum Gasteiger partial charge on any atom is 0.191 e. The van der Waals surface area contributed by atoms with Gasteiger partial charge in [0.2, 0.25) is 0 Å². The molecule has 0 unspecified atom stereocenters. The molecule has 2 N–H and O–H groups in total. The van der Waals surface area contributed by atoms with Crippen molar-refractivity contribution in [2.45, 2.75) is 49.5 Å². The SMILES string of the molecule is CN=C(NCC1(c2ccccc2F)CC1)NCC1(N2CCCC2)CCOCC1. The van der Waals surface area contributed by atoms with E-state index in [1.165, 1.54) is 25.9 Å². The molecule has 0 radical (unpaired) electrons. The Hall–Kier alpha value is -1.66. The minimum absolute atomic E-state index is 0.0890. The zero-order valence-corrected chi connectivity index (χ0v) is 17.0. The quantitative estimate of drug-likeness (QED) is 0.581. The van der Waals surface area contributed by atoms with Gasteiger partial charge in [0, 0.05) is 44.3 Å². The van der Waals surface area contributed by atoms with Crippen LogP contribution in [0.5, 0.6) is 0 Å². The second-order valence-corrected chi connectivity index (χ2v) is 8.57. The lowest BCUT2D eigenvalue weighted by Crippen LogP contribution is -2.58. The standard InChI is InChI=1S/C22H33FN4O/c1-24-20(25-16-21(8-9-21)18-6-2-3-7-19(18)23)26-17-22(10-14-28-15-11-22)27-12-4-5-13-27/h2-3,6-7H,4-5,8-17H2,1H3,(H2,24,25,26). The fourth-order valence-corrected chi connectivity index (χ4v) is 4.85. The minimum Gasteiger partial charge on any atom is -0.381 e. The van der Waals surface area contributed by atoms with E-state index in [0.29, 0.717) is 6.54 Å². The molecule has 4 rings (SSSR count). The van der Waals surface area contributed by atoms with Gasteiger partial charge >= 0.3 is 0 Å². The van der Waals surface area contributed by atoms with Crippen LogP contribution < -0.4 is 10.6 Å². The molecule has 0 bridgehead atoms. The fraction of sp³-hybridized carbons (Fsp3) is 0.682. The maximum atomic E-state index is 14.3. The van der Waals surface area contributed by atoms with E-state index in [4.69, 9.17) is 4.74 Å². The number of ether oxygens (including phenoxy) is 1. The second-order valence-electron chi connectivity index (χ2n) is 8.57. The number of rotatable bonds is 6. The number of nitrogens with one attached hydrogen (secondary N) is 2. The molecule has 2 heterocycles. The van der Waals surface area contributed by atoms with Crippen molar-refractivity contribution < 1.29 is 9.13 Å². The first kappa shape index (κ1) is 19.6. The van der Waals surface area contributed by atoms with E-state index in [2.05, 4.69) is 20.5 Å². The van der Waals surface area contributed by atoms with Gasteiger partial charge in [0.1, 0.15) is 5.82 Å². The van der Waals surface area contributed by atoms with Crippen molar-refractivity contribution in [3.8, 4) is 0 Å². The maximum absolute atomic E-state index is 14.3. The second kappa shape index (κ2) is 8.37. The van der Waals surface area contributed by atoms with Gasteiger partial charge in [-0.15, -0.1) is 0 Å². The van der Waals surface area contributed by atoms with Gasteiger partial charge in [-0.05, 0) is 63.2 Å². The van der Waals surface area contributed by atoms with Gasteiger partial charge in [0.15, 0.2) is 5.96 Å². The summed E-state index contributed by atoms with van der Waals surface area (Å²) in [6, 6.07) is 7.17. The van der Waals surface area contributed by atoms with Crippen molar-refractivity contribution in [2.75, 3.05) is 46.4 Å². The van der Waals surface area contributed by atoms with Crippen molar-refractivity contribution in [1.29, 1.82) is 0 Å². The highest BCUT2D eigenvalue weighted by atomic mass is 19.1. The van der Waals surface area contributed by atoms with Crippen LogP contribution in [0, 0.1) is 5.82 Å². The van der Waals surface area contributed by atoms with E-state index < -0.39 is 0 Å². The van der Waals surface area contributed by atoms with Crippen LogP contribution in [0.1, 0.15) is 44.1 Å². The molecule has 0 amide bonds. The molecule has 1 saturated carbocycles. The third kappa shape index (κ3) is 4.03. The Morgan fingerprint density at radius 3 is 2.39 bits per heavy atom. The van der Waals surface area contributed by atoms with E-state index in [9.17, 15) is 4.39 Å². The molecule has 154 valence electrons. The number of aliphatic imine (C=N–C) groups is 1. The highest BCUT2D eigenvalue weighted by molar-refractivity contribution is 5.80. The number of halogens is 1. The summed E-state index contributed by atoms with van der Waals surface area (Å²) in [6.07, 6.45) is 6.76. The Kier molecular flexibility index (Phi) is 5.88. The number of hydrogen-bond acceptors (Lipinski definition) is 3. The Bertz CT molecular complexity index is 692. The molecule has 0 aromatic heterocycles. The van der Waals surface area contributed by atoms with Crippen LogP contribution >= 0.6 is 0 Å². The van der Waals surface area contributed by atoms with Crippen LogP contribution in [-0.2, 0) is 10.2 Å². The number of guanidine groups is 1. The lowest BCUT2D eigenvalue weighted by Gasteiger charge is -2.45. The Labute approximate surface area is 167 Å². The highest BCUT2D eigenvalue weighted by Crippen LogP contribution is 2.48. The molecule has 2 saturated heterocycles. The van der Waals surface area contributed by atoms with Crippen LogP contribution in [0.4, 0.5) is 4.39 Å². The molecular weight excluding hydrogens is 355 g/mol. The molecule has 3 aliphatic rings. The molecule has 5 nitrogen and oxygen atoms in total. The lowest BCUT2D eigenvalue weighted by molar-refractivity contribution is -0.0164. The predicted molar refractivity (Wildman–Crippen MR) is 110 cm³/mol. The van der Waals surface area contributed by atoms with Crippen LogP contribution in [0.25, 0.3) is 0 Å². The van der Waals surface area contributed by atoms with Crippen molar-refractivity contribution in [1.82, 2.24) is 15.5 Å². The van der Waals surface area contributed by atoms with Crippen molar-refractivity contribution in [3.63, 3.8) is 0 Å². The molecule has 1 aromatic carbocycles. The average molecular weight is 389 g/mol. The van der Waals surface area contributed by atoms with Crippen molar-refractivity contribution in [3.05, 3.63) is 35.6 Å². The summed E-state index contributed by atoms with van der Waals surface area (Å²) in [5.41, 5.74) is 0.902. The summed E-state index contributed by atoms with van der Waals surface area (Å²) in [7, 11) is 1.81. The molecule has 2 aliphatic heterocycles.